The summed E-state index contributed by atoms with van der Waals surface area (Å²) in [6, 6.07) is 0. The van der Waals surface area contributed by atoms with Crippen LogP contribution in [-0.4, -0.2) is 52.5 Å². The van der Waals surface area contributed by atoms with Crippen LogP contribution in [0.1, 0.15) is 71.1 Å². The number of methoxy groups -OCH3 is 1. The first-order valence-electron chi connectivity index (χ1n) is 11.8. The fourth-order valence-corrected chi connectivity index (χ4v) is 6.51. The highest BCUT2D eigenvalue weighted by atomic mass is 79.9. The summed E-state index contributed by atoms with van der Waals surface area (Å²) in [5.74, 6) is 1.31. The number of esters is 1. The minimum Gasteiger partial charge on any atom is -0.469 e. The van der Waals surface area contributed by atoms with Gasteiger partial charge in [0.25, 0.3) is 0 Å². The van der Waals surface area contributed by atoms with Gasteiger partial charge < -0.3 is 19.7 Å². The molecule has 0 amide bonds. The summed E-state index contributed by atoms with van der Waals surface area (Å²) >= 11 is 3.75. The van der Waals surface area contributed by atoms with E-state index < -0.39 is 12.2 Å². The van der Waals surface area contributed by atoms with E-state index in [2.05, 4.69) is 28.9 Å². The molecule has 172 valence electrons. The molecule has 3 rings (SSSR count). The van der Waals surface area contributed by atoms with Gasteiger partial charge in [0.05, 0.1) is 31.5 Å². The molecule has 9 atom stereocenters. The van der Waals surface area contributed by atoms with Crippen molar-refractivity contribution >= 4 is 21.9 Å². The molecule has 4 unspecified atom stereocenters. The van der Waals surface area contributed by atoms with Crippen LogP contribution in [0.2, 0.25) is 0 Å². The van der Waals surface area contributed by atoms with Crippen LogP contribution >= 0.6 is 15.9 Å². The molecule has 1 heterocycles. The molecule has 5 nitrogen and oxygen atoms in total. The van der Waals surface area contributed by atoms with Gasteiger partial charge in [-0.05, 0) is 49.9 Å². The molecule has 3 aliphatic rings. The van der Waals surface area contributed by atoms with Crippen LogP contribution in [0.5, 0.6) is 0 Å². The Labute approximate surface area is 189 Å². The average molecular weight is 487 g/mol. The Balaban J connectivity index is 1.48. The molecule has 0 spiro atoms. The number of aliphatic hydroxyl groups excluding tert-OH is 2. The zero-order chi connectivity index (χ0) is 21.7. The molecular weight excluding hydrogens is 448 g/mol. The van der Waals surface area contributed by atoms with Crippen molar-refractivity contribution in [1.29, 1.82) is 0 Å². The number of rotatable bonds is 10. The van der Waals surface area contributed by atoms with E-state index in [9.17, 15) is 15.0 Å². The number of carbonyl (C=O) groups excluding carboxylic acids is 1. The summed E-state index contributed by atoms with van der Waals surface area (Å²) in [5, 5.41) is 21.2. The molecular formula is C24H39BrO5. The van der Waals surface area contributed by atoms with Crippen molar-refractivity contribution in [3.8, 4) is 0 Å². The molecule has 0 radical (unpaired) electrons. The lowest BCUT2D eigenvalue weighted by molar-refractivity contribution is -0.140. The molecule has 0 aromatic rings. The predicted octanol–water partition coefficient (Wildman–Crippen LogP) is 4.38. The molecule has 2 N–H and O–H groups in total. The van der Waals surface area contributed by atoms with Gasteiger partial charge in [-0.15, -0.1) is 0 Å². The number of halogens is 1. The highest BCUT2D eigenvalue weighted by molar-refractivity contribution is 9.09. The van der Waals surface area contributed by atoms with Crippen LogP contribution < -0.4 is 0 Å². The van der Waals surface area contributed by atoms with E-state index in [0.29, 0.717) is 24.7 Å². The van der Waals surface area contributed by atoms with Gasteiger partial charge in [-0.25, -0.2) is 0 Å². The summed E-state index contributed by atoms with van der Waals surface area (Å²) in [6.07, 6.45) is 13.0. The number of fused-ring (bicyclic) bond motifs is 1. The van der Waals surface area contributed by atoms with Crippen LogP contribution in [0.4, 0.5) is 0 Å². The fourth-order valence-electron chi connectivity index (χ4n) is 5.84. The summed E-state index contributed by atoms with van der Waals surface area (Å²) < 4.78 is 11.0. The lowest BCUT2D eigenvalue weighted by atomic mass is 9.88. The second-order valence-corrected chi connectivity index (χ2v) is 10.8. The lowest BCUT2D eigenvalue weighted by Crippen LogP contribution is -2.25. The lowest BCUT2D eigenvalue weighted by Gasteiger charge is -2.21. The van der Waals surface area contributed by atoms with Gasteiger partial charge in [0.15, 0.2) is 0 Å². The van der Waals surface area contributed by atoms with Gasteiger partial charge in [-0.2, -0.15) is 0 Å². The molecule has 30 heavy (non-hydrogen) atoms. The first-order chi connectivity index (χ1) is 14.4. The van der Waals surface area contributed by atoms with E-state index in [0.717, 1.165) is 38.0 Å². The van der Waals surface area contributed by atoms with Gasteiger partial charge in [-0.3, -0.25) is 4.79 Å². The minimum absolute atomic E-state index is 0.0530. The zero-order valence-corrected chi connectivity index (χ0v) is 20.0. The van der Waals surface area contributed by atoms with Crippen molar-refractivity contribution in [1.82, 2.24) is 0 Å². The molecule has 3 fully saturated rings. The van der Waals surface area contributed by atoms with E-state index in [1.54, 1.807) is 0 Å². The van der Waals surface area contributed by atoms with Crippen molar-refractivity contribution in [2.75, 3.05) is 7.11 Å². The third-order valence-electron chi connectivity index (χ3n) is 7.53. The van der Waals surface area contributed by atoms with E-state index in [1.165, 1.54) is 26.4 Å². The standard InChI is InChI=1S/C24H39BrO5/c1-3-5-15-8-9-16(12-15)20(26)11-10-17-18-13-23(30-22(18)14-21(17)27)19(25)6-4-7-24(28)29-2/h10-11,15-23,26-27H,3-9,12-14H2,1-2H3/b11-10+/t15?,16?,17-,18-,19?,20-,21-,22-,23?/m1/s1. The SMILES string of the molecule is CCCC1CCC([C@H](O)/C=C/[C@@H]2[C@H]3CC(C(Br)CCCC(=O)OC)O[C@@H]3C[C@H]2O)C1. The number of carbonyl (C=O) groups is 1. The van der Waals surface area contributed by atoms with Crippen LogP contribution in [0.25, 0.3) is 0 Å². The molecule has 6 heteroatoms. The zero-order valence-electron chi connectivity index (χ0n) is 18.4. The number of alkyl halides is 1. The largest absolute Gasteiger partial charge is 0.469 e. The molecule has 0 aromatic carbocycles. The Kier molecular flexibility index (Phi) is 9.23. The predicted molar refractivity (Wildman–Crippen MR) is 120 cm³/mol. The highest BCUT2D eigenvalue weighted by Crippen LogP contribution is 2.46. The van der Waals surface area contributed by atoms with Crippen molar-refractivity contribution in [3.05, 3.63) is 12.2 Å². The maximum absolute atomic E-state index is 11.3. The number of hydrogen-bond acceptors (Lipinski definition) is 5. The smallest absolute Gasteiger partial charge is 0.305 e. The first-order valence-corrected chi connectivity index (χ1v) is 12.7. The third kappa shape index (κ3) is 6.08. The molecule has 0 aromatic heterocycles. The van der Waals surface area contributed by atoms with E-state index in [1.807, 2.05) is 6.08 Å². The summed E-state index contributed by atoms with van der Waals surface area (Å²) in [7, 11) is 1.42. The summed E-state index contributed by atoms with van der Waals surface area (Å²) in [6.45, 7) is 2.23. The van der Waals surface area contributed by atoms with Gasteiger partial charge in [0.1, 0.15) is 0 Å². The molecule has 1 aliphatic heterocycles. The van der Waals surface area contributed by atoms with E-state index >= 15 is 0 Å². The molecule has 2 saturated carbocycles. The van der Waals surface area contributed by atoms with Gasteiger partial charge in [0, 0.05) is 23.6 Å². The maximum atomic E-state index is 11.3. The first kappa shape index (κ1) is 24.2. The normalized spacial score (nSPS) is 38.1. The van der Waals surface area contributed by atoms with Crippen molar-refractivity contribution in [2.45, 2.75) is 100 Å². The Hall–Kier alpha value is -0.430. The second kappa shape index (κ2) is 11.4. The highest BCUT2D eigenvalue weighted by Gasteiger charge is 2.49. The van der Waals surface area contributed by atoms with Crippen molar-refractivity contribution < 1.29 is 24.5 Å². The topological polar surface area (TPSA) is 76.0 Å². The van der Waals surface area contributed by atoms with Gasteiger partial charge >= 0.3 is 5.97 Å². The van der Waals surface area contributed by atoms with Crippen LogP contribution in [-0.2, 0) is 14.3 Å². The van der Waals surface area contributed by atoms with Crippen molar-refractivity contribution in [2.24, 2.45) is 23.7 Å². The average Bonchev–Trinajstić information content (AvgIpc) is 3.41. The summed E-state index contributed by atoms with van der Waals surface area (Å²) in [4.78, 5) is 11.5. The molecule has 1 saturated heterocycles. The summed E-state index contributed by atoms with van der Waals surface area (Å²) in [5.41, 5.74) is 0. The maximum Gasteiger partial charge on any atom is 0.305 e. The van der Waals surface area contributed by atoms with E-state index in [-0.39, 0.29) is 28.9 Å². The monoisotopic (exact) mass is 486 g/mol. The molecule has 0 bridgehead atoms. The van der Waals surface area contributed by atoms with Crippen LogP contribution in [0, 0.1) is 23.7 Å². The number of aliphatic hydroxyl groups is 2. The number of ether oxygens (including phenoxy) is 2. The quantitative estimate of drug-likeness (QED) is 0.272. The Morgan fingerprint density at radius 2 is 2.10 bits per heavy atom. The van der Waals surface area contributed by atoms with Crippen LogP contribution in [0.3, 0.4) is 0 Å². The fraction of sp³-hybridized carbons (Fsp3) is 0.875. The Bertz CT molecular complexity index is 582. The second-order valence-electron chi connectivity index (χ2n) is 9.58. The number of hydrogen-bond donors (Lipinski definition) is 2. The minimum atomic E-state index is -0.404. The Morgan fingerprint density at radius 1 is 1.30 bits per heavy atom. The van der Waals surface area contributed by atoms with Gasteiger partial charge in [-0.1, -0.05) is 54.3 Å². The van der Waals surface area contributed by atoms with Crippen LogP contribution in [0.15, 0.2) is 12.2 Å². The third-order valence-corrected chi connectivity index (χ3v) is 8.58. The van der Waals surface area contributed by atoms with E-state index in [4.69, 9.17) is 9.47 Å². The van der Waals surface area contributed by atoms with Crippen molar-refractivity contribution in [3.63, 3.8) is 0 Å². The Morgan fingerprint density at radius 3 is 2.83 bits per heavy atom. The van der Waals surface area contributed by atoms with Gasteiger partial charge in [0.2, 0.25) is 0 Å². The molecule has 2 aliphatic carbocycles.